The van der Waals surface area contributed by atoms with E-state index in [1.165, 1.54) is 37.7 Å². The Balaban J connectivity index is 1.57. The van der Waals surface area contributed by atoms with Crippen LogP contribution in [0.15, 0.2) is 24.3 Å². The minimum absolute atomic E-state index is 0.0158. The SMILES string of the molecule is NC(CCCCc1ccc(Cl)cc1)C(=O)NCC1CCCCC1. The maximum absolute atomic E-state index is 12.0. The zero-order valence-electron chi connectivity index (χ0n) is 13.9. The van der Waals surface area contributed by atoms with Gasteiger partial charge in [-0.2, -0.15) is 0 Å². The lowest BCUT2D eigenvalue weighted by Crippen LogP contribution is -2.42. The smallest absolute Gasteiger partial charge is 0.236 e. The van der Waals surface area contributed by atoms with E-state index in [4.69, 9.17) is 17.3 Å². The first kappa shape index (κ1) is 18.3. The molecule has 0 bridgehead atoms. The number of hydrogen-bond acceptors (Lipinski definition) is 2. The fourth-order valence-corrected chi connectivity index (χ4v) is 3.37. The predicted molar refractivity (Wildman–Crippen MR) is 96.6 cm³/mol. The van der Waals surface area contributed by atoms with Crippen molar-refractivity contribution in [1.29, 1.82) is 0 Å². The maximum Gasteiger partial charge on any atom is 0.236 e. The Morgan fingerprint density at radius 3 is 2.57 bits per heavy atom. The highest BCUT2D eigenvalue weighted by atomic mass is 35.5. The fraction of sp³-hybridized carbons (Fsp3) is 0.632. The minimum Gasteiger partial charge on any atom is -0.354 e. The van der Waals surface area contributed by atoms with Crippen molar-refractivity contribution in [3.8, 4) is 0 Å². The normalized spacial score (nSPS) is 17.0. The van der Waals surface area contributed by atoms with Gasteiger partial charge in [-0.05, 0) is 55.7 Å². The molecule has 1 saturated carbocycles. The summed E-state index contributed by atoms with van der Waals surface area (Å²) in [5.41, 5.74) is 7.28. The minimum atomic E-state index is -0.371. The van der Waals surface area contributed by atoms with E-state index >= 15 is 0 Å². The molecule has 1 atom stereocenters. The summed E-state index contributed by atoms with van der Waals surface area (Å²) >= 11 is 5.87. The number of unbranched alkanes of at least 4 members (excludes halogenated alkanes) is 1. The number of aryl methyl sites for hydroxylation is 1. The number of nitrogens with one attached hydrogen (secondary N) is 1. The van der Waals surface area contributed by atoms with Crippen molar-refractivity contribution in [2.24, 2.45) is 11.7 Å². The molecule has 2 rings (SSSR count). The first-order valence-corrected chi connectivity index (χ1v) is 9.30. The van der Waals surface area contributed by atoms with Gasteiger partial charge in [0.25, 0.3) is 0 Å². The van der Waals surface area contributed by atoms with Crippen LogP contribution in [0.5, 0.6) is 0 Å². The molecule has 0 radical (unpaired) electrons. The number of carbonyl (C=O) groups is 1. The number of nitrogens with two attached hydrogens (primary N) is 1. The molecule has 1 amide bonds. The van der Waals surface area contributed by atoms with Crippen LogP contribution in [-0.2, 0) is 11.2 Å². The monoisotopic (exact) mass is 336 g/mol. The molecule has 1 aromatic rings. The van der Waals surface area contributed by atoms with Crippen LogP contribution in [0.4, 0.5) is 0 Å². The number of amides is 1. The molecule has 1 unspecified atom stereocenters. The number of halogens is 1. The molecule has 1 fully saturated rings. The molecule has 128 valence electrons. The average Bonchev–Trinajstić information content (AvgIpc) is 2.59. The lowest BCUT2D eigenvalue weighted by molar-refractivity contribution is -0.122. The van der Waals surface area contributed by atoms with Gasteiger partial charge in [0, 0.05) is 11.6 Å². The Bertz CT molecular complexity index is 469. The van der Waals surface area contributed by atoms with Gasteiger partial charge in [0.2, 0.25) is 5.91 Å². The van der Waals surface area contributed by atoms with E-state index in [0.717, 1.165) is 37.3 Å². The summed E-state index contributed by atoms with van der Waals surface area (Å²) in [4.78, 5) is 12.0. The van der Waals surface area contributed by atoms with E-state index in [9.17, 15) is 4.79 Å². The number of carbonyl (C=O) groups excluding carboxylic acids is 1. The molecule has 1 aromatic carbocycles. The van der Waals surface area contributed by atoms with Gasteiger partial charge in [0.15, 0.2) is 0 Å². The van der Waals surface area contributed by atoms with Gasteiger partial charge in [-0.25, -0.2) is 0 Å². The molecule has 0 saturated heterocycles. The van der Waals surface area contributed by atoms with E-state index < -0.39 is 0 Å². The van der Waals surface area contributed by atoms with Crippen molar-refractivity contribution in [3.05, 3.63) is 34.9 Å². The van der Waals surface area contributed by atoms with Crippen LogP contribution in [0.2, 0.25) is 5.02 Å². The quantitative estimate of drug-likeness (QED) is 0.703. The van der Waals surface area contributed by atoms with Crippen LogP contribution in [0.25, 0.3) is 0 Å². The number of benzene rings is 1. The average molecular weight is 337 g/mol. The molecule has 0 aliphatic heterocycles. The van der Waals surface area contributed by atoms with E-state index in [0.29, 0.717) is 5.92 Å². The van der Waals surface area contributed by atoms with Gasteiger partial charge in [-0.15, -0.1) is 0 Å². The van der Waals surface area contributed by atoms with E-state index in [1.54, 1.807) is 0 Å². The highest BCUT2D eigenvalue weighted by Crippen LogP contribution is 2.22. The molecule has 1 aliphatic rings. The summed E-state index contributed by atoms with van der Waals surface area (Å²) in [7, 11) is 0. The summed E-state index contributed by atoms with van der Waals surface area (Å²) in [6.45, 7) is 0.803. The summed E-state index contributed by atoms with van der Waals surface area (Å²) in [5, 5.41) is 3.81. The van der Waals surface area contributed by atoms with Crippen LogP contribution in [-0.4, -0.2) is 18.5 Å². The predicted octanol–water partition coefficient (Wildman–Crippen LogP) is 4.08. The standard InChI is InChI=1S/C19H29ClN2O/c20-17-12-10-15(11-13-17)6-4-5-9-18(21)19(23)22-14-16-7-2-1-3-8-16/h10-13,16,18H,1-9,14,21H2,(H,22,23). The second kappa shape index (κ2) is 9.94. The Labute approximate surface area is 145 Å². The number of hydrogen-bond donors (Lipinski definition) is 2. The lowest BCUT2D eigenvalue weighted by Gasteiger charge is -2.22. The van der Waals surface area contributed by atoms with Crippen molar-refractivity contribution in [2.75, 3.05) is 6.54 Å². The van der Waals surface area contributed by atoms with Crippen LogP contribution in [0.1, 0.15) is 56.9 Å². The third kappa shape index (κ3) is 6.92. The van der Waals surface area contributed by atoms with Gasteiger partial charge < -0.3 is 11.1 Å². The summed E-state index contributed by atoms with van der Waals surface area (Å²) in [5.74, 6) is 0.673. The molecule has 4 heteroatoms. The van der Waals surface area contributed by atoms with Crippen molar-refractivity contribution in [3.63, 3.8) is 0 Å². The second-order valence-electron chi connectivity index (χ2n) is 6.73. The van der Waals surface area contributed by atoms with Crippen LogP contribution < -0.4 is 11.1 Å². The molecular formula is C19H29ClN2O. The molecular weight excluding hydrogens is 308 g/mol. The zero-order valence-corrected chi connectivity index (χ0v) is 14.7. The Hall–Kier alpha value is -1.06. The van der Waals surface area contributed by atoms with E-state index in [1.807, 2.05) is 12.1 Å². The summed E-state index contributed by atoms with van der Waals surface area (Å²) in [6.07, 6.45) is 10.2. The van der Waals surface area contributed by atoms with Gasteiger partial charge in [-0.1, -0.05) is 49.4 Å². The molecule has 3 N–H and O–H groups in total. The van der Waals surface area contributed by atoms with Crippen molar-refractivity contribution in [2.45, 2.75) is 63.8 Å². The Morgan fingerprint density at radius 1 is 1.17 bits per heavy atom. The first-order valence-electron chi connectivity index (χ1n) is 8.93. The first-order chi connectivity index (χ1) is 11.1. The fourth-order valence-electron chi connectivity index (χ4n) is 3.24. The van der Waals surface area contributed by atoms with Crippen LogP contribution >= 0.6 is 11.6 Å². The van der Waals surface area contributed by atoms with E-state index in [2.05, 4.69) is 17.4 Å². The molecule has 23 heavy (non-hydrogen) atoms. The lowest BCUT2D eigenvalue weighted by atomic mass is 9.89. The van der Waals surface area contributed by atoms with Gasteiger partial charge in [0.1, 0.15) is 0 Å². The van der Waals surface area contributed by atoms with Crippen LogP contribution in [0, 0.1) is 5.92 Å². The molecule has 3 nitrogen and oxygen atoms in total. The molecule has 0 heterocycles. The highest BCUT2D eigenvalue weighted by Gasteiger charge is 2.17. The second-order valence-corrected chi connectivity index (χ2v) is 7.16. The third-order valence-electron chi connectivity index (χ3n) is 4.77. The largest absolute Gasteiger partial charge is 0.354 e. The summed E-state index contributed by atoms with van der Waals surface area (Å²) < 4.78 is 0. The Kier molecular flexibility index (Phi) is 7.90. The molecule has 0 spiro atoms. The molecule has 0 aromatic heterocycles. The van der Waals surface area contributed by atoms with Gasteiger partial charge in [0.05, 0.1) is 6.04 Å². The highest BCUT2D eigenvalue weighted by molar-refractivity contribution is 6.30. The third-order valence-corrected chi connectivity index (χ3v) is 5.02. The maximum atomic E-state index is 12.0. The molecule has 1 aliphatic carbocycles. The van der Waals surface area contributed by atoms with Gasteiger partial charge >= 0.3 is 0 Å². The van der Waals surface area contributed by atoms with Crippen LogP contribution in [0.3, 0.4) is 0 Å². The number of rotatable bonds is 8. The van der Waals surface area contributed by atoms with Crippen molar-refractivity contribution in [1.82, 2.24) is 5.32 Å². The van der Waals surface area contributed by atoms with Crippen molar-refractivity contribution < 1.29 is 4.79 Å². The topological polar surface area (TPSA) is 55.1 Å². The van der Waals surface area contributed by atoms with E-state index in [-0.39, 0.29) is 11.9 Å². The Morgan fingerprint density at radius 2 is 1.87 bits per heavy atom. The summed E-state index contributed by atoms with van der Waals surface area (Å²) in [6, 6.07) is 7.57. The van der Waals surface area contributed by atoms with Gasteiger partial charge in [-0.3, -0.25) is 4.79 Å². The van der Waals surface area contributed by atoms with Crippen molar-refractivity contribution >= 4 is 17.5 Å². The zero-order chi connectivity index (χ0) is 16.5.